The zero-order valence-corrected chi connectivity index (χ0v) is 13.0. The lowest BCUT2D eigenvalue weighted by Crippen LogP contribution is -2.20. The number of hydrogen-bond acceptors (Lipinski definition) is 4. The Bertz CT molecular complexity index is 612. The van der Waals surface area contributed by atoms with E-state index in [2.05, 4.69) is 16.5 Å². The molecule has 2 aromatic rings. The normalized spacial score (nSPS) is 14.8. The largest absolute Gasteiger partial charge is 0.383 e. The van der Waals surface area contributed by atoms with Crippen LogP contribution in [0.15, 0.2) is 12.3 Å². The van der Waals surface area contributed by atoms with Crippen molar-refractivity contribution in [3.63, 3.8) is 0 Å². The van der Waals surface area contributed by atoms with Crippen LogP contribution in [0.5, 0.6) is 0 Å². The topological polar surface area (TPSA) is 56.9 Å². The number of ether oxygens (including phenoxy) is 1. The predicted molar refractivity (Wildman–Crippen MR) is 80.6 cm³/mol. The lowest BCUT2D eigenvalue weighted by atomic mass is 10.2. The Labute approximate surface area is 125 Å². The van der Waals surface area contributed by atoms with Crippen LogP contribution in [0.3, 0.4) is 0 Å². The van der Waals surface area contributed by atoms with Crippen LogP contribution in [0.4, 0.5) is 0 Å². The van der Waals surface area contributed by atoms with E-state index < -0.39 is 0 Å². The van der Waals surface area contributed by atoms with Gasteiger partial charge in [-0.3, -0.25) is 4.68 Å². The lowest BCUT2D eigenvalue weighted by Gasteiger charge is -2.08. The first-order chi connectivity index (χ1) is 10.2. The zero-order valence-electron chi connectivity index (χ0n) is 13.0. The molecular weight excluding hydrogens is 266 g/mol. The van der Waals surface area contributed by atoms with E-state index in [1.165, 1.54) is 24.1 Å². The second kappa shape index (κ2) is 5.99. The second-order valence-corrected chi connectivity index (χ2v) is 5.64. The van der Waals surface area contributed by atoms with Crippen molar-refractivity contribution in [1.29, 1.82) is 0 Å². The van der Waals surface area contributed by atoms with Crippen molar-refractivity contribution in [2.45, 2.75) is 32.2 Å². The Morgan fingerprint density at radius 1 is 1.38 bits per heavy atom. The Kier molecular flexibility index (Phi) is 4.07. The smallest absolute Gasteiger partial charge is 0.156 e. The standard InChI is InChI=1S/C15H23N5O/c1-11-13(10-16-7-9-21-3)15(19(2)17-11)20-8-6-14(18-20)12-4-5-12/h6,8,12,16H,4-5,7,9-10H2,1-3H3. The Hall–Kier alpha value is -1.66. The molecule has 1 N–H and O–H groups in total. The molecule has 2 aromatic heterocycles. The molecule has 0 bridgehead atoms. The van der Waals surface area contributed by atoms with Crippen LogP contribution in [-0.2, 0) is 18.3 Å². The molecule has 0 aliphatic heterocycles. The quantitative estimate of drug-likeness (QED) is 0.785. The highest BCUT2D eigenvalue weighted by atomic mass is 16.5. The SMILES string of the molecule is COCCNCc1c(C)nn(C)c1-n1ccc(C2CC2)n1. The first kappa shape index (κ1) is 14.3. The average Bonchev–Trinajstić information content (AvgIpc) is 3.13. The number of rotatable bonds is 7. The summed E-state index contributed by atoms with van der Waals surface area (Å²) in [5.41, 5.74) is 3.44. The molecule has 0 saturated heterocycles. The highest BCUT2D eigenvalue weighted by Gasteiger charge is 2.26. The van der Waals surface area contributed by atoms with Gasteiger partial charge in [-0.1, -0.05) is 0 Å². The molecule has 6 nitrogen and oxygen atoms in total. The summed E-state index contributed by atoms with van der Waals surface area (Å²) < 4.78 is 8.93. The molecule has 1 aliphatic rings. The fraction of sp³-hybridized carbons (Fsp3) is 0.600. The lowest BCUT2D eigenvalue weighted by molar-refractivity contribution is 0.199. The first-order valence-electron chi connectivity index (χ1n) is 7.48. The third-order valence-electron chi connectivity index (χ3n) is 3.92. The molecule has 0 radical (unpaired) electrons. The molecule has 1 aliphatic carbocycles. The third-order valence-corrected chi connectivity index (χ3v) is 3.92. The van der Waals surface area contributed by atoms with E-state index in [9.17, 15) is 0 Å². The maximum Gasteiger partial charge on any atom is 0.156 e. The van der Waals surface area contributed by atoms with Crippen molar-refractivity contribution >= 4 is 0 Å². The van der Waals surface area contributed by atoms with Crippen LogP contribution < -0.4 is 5.32 Å². The van der Waals surface area contributed by atoms with Crippen molar-refractivity contribution in [2.24, 2.45) is 7.05 Å². The van der Waals surface area contributed by atoms with Crippen LogP contribution in [-0.4, -0.2) is 39.8 Å². The monoisotopic (exact) mass is 289 g/mol. The molecule has 0 atom stereocenters. The van der Waals surface area contributed by atoms with Crippen LogP contribution in [0.25, 0.3) is 5.82 Å². The number of hydrogen-bond donors (Lipinski definition) is 1. The summed E-state index contributed by atoms with van der Waals surface area (Å²) >= 11 is 0. The highest BCUT2D eigenvalue weighted by molar-refractivity contribution is 5.38. The van der Waals surface area contributed by atoms with Crippen molar-refractivity contribution in [3.8, 4) is 5.82 Å². The molecule has 0 unspecified atom stereocenters. The molecule has 6 heteroatoms. The second-order valence-electron chi connectivity index (χ2n) is 5.64. The van der Waals surface area contributed by atoms with E-state index in [0.29, 0.717) is 12.5 Å². The van der Waals surface area contributed by atoms with E-state index in [1.54, 1.807) is 7.11 Å². The van der Waals surface area contributed by atoms with Crippen molar-refractivity contribution in [1.82, 2.24) is 24.9 Å². The number of aromatic nitrogens is 4. The van der Waals surface area contributed by atoms with Crippen LogP contribution >= 0.6 is 0 Å². The van der Waals surface area contributed by atoms with Gasteiger partial charge in [-0.15, -0.1) is 0 Å². The number of nitrogens with one attached hydrogen (secondary N) is 1. The number of methoxy groups -OCH3 is 1. The van der Waals surface area contributed by atoms with Crippen molar-refractivity contribution in [2.75, 3.05) is 20.3 Å². The number of nitrogens with zero attached hydrogens (tertiary/aromatic N) is 4. The van der Waals surface area contributed by atoms with Gasteiger partial charge in [0.15, 0.2) is 5.82 Å². The summed E-state index contributed by atoms with van der Waals surface area (Å²) in [6, 6.07) is 2.13. The molecule has 0 aromatic carbocycles. The van der Waals surface area contributed by atoms with Gasteiger partial charge < -0.3 is 10.1 Å². The van der Waals surface area contributed by atoms with Gasteiger partial charge in [0.1, 0.15) is 0 Å². The minimum absolute atomic E-state index is 0.670. The molecule has 1 saturated carbocycles. The minimum Gasteiger partial charge on any atom is -0.383 e. The Balaban J connectivity index is 1.82. The molecule has 3 rings (SSSR count). The summed E-state index contributed by atoms with van der Waals surface area (Å²) in [6.07, 6.45) is 4.59. The maximum atomic E-state index is 5.07. The average molecular weight is 289 g/mol. The molecule has 0 spiro atoms. The first-order valence-corrected chi connectivity index (χ1v) is 7.48. The van der Waals surface area contributed by atoms with Gasteiger partial charge in [-0.2, -0.15) is 10.2 Å². The summed E-state index contributed by atoms with van der Waals surface area (Å²) in [7, 11) is 3.69. The molecular formula is C15H23N5O. The Morgan fingerprint density at radius 3 is 2.90 bits per heavy atom. The van der Waals surface area contributed by atoms with Crippen LogP contribution in [0, 0.1) is 6.92 Å². The van der Waals surface area contributed by atoms with Crippen molar-refractivity contribution in [3.05, 3.63) is 29.2 Å². The molecule has 1 fully saturated rings. The van der Waals surface area contributed by atoms with Crippen molar-refractivity contribution < 1.29 is 4.74 Å². The molecule has 21 heavy (non-hydrogen) atoms. The third kappa shape index (κ3) is 3.01. The fourth-order valence-electron chi connectivity index (χ4n) is 2.62. The summed E-state index contributed by atoms with van der Waals surface area (Å²) in [5.74, 6) is 1.72. The van der Waals surface area contributed by atoms with Gasteiger partial charge in [-0.25, -0.2) is 4.68 Å². The molecule has 0 amide bonds. The Morgan fingerprint density at radius 2 is 2.19 bits per heavy atom. The zero-order chi connectivity index (χ0) is 14.8. The predicted octanol–water partition coefficient (Wildman–Crippen LogP) is 1.53. The van der Waals surface area contributed by atoms with Crippen LogP contribution in [0.1, 0.15) is 35.7 Å². The summed E-state index contributed by atoms with van der Waals surface area (Å²) in [5, 5.41) is 12.7. The summed E-state index contributed by atoms with van der Waals surface area (Å²) in [4.78, 5) is 0. The molecule has 2 heterocycles. The van der Waals surface area contributed by atoms with Crippen LogP contribution in [0.2, 0.25) is 0 Å². The van der Waals surface area contributed by atoms with Gasteiger partial charge in [0, 0.05) is 44.9 Å². The summed E-state index contributed by atoms with van der Waals surface area (Å²) in [6.45, 7) is 4.36. The highest BCUT2D eigenvalue weighted by Crippen LogP contribution is 2.39. The fourth-order valence-corrected chi connectivity index (χ4v) is 2.62. The van der Waals surface area contributed by atoms with Gasteiger partial charge in [0.2, 0.25) is 0 Å². The maximum absolute atomic E-state index is 5.07. The molecule has 114 valence electrons. The van der Waals surface area contributed by atoms with E-state index in [0.717, 1.165) is 24.6 Å². The van der Waals surface area contributed by atoms with Gasteiger partial charge in [-0.05, 0) is 25.8 Å². The van der Waals surface area contributed by atoms with E-state index in [1.807, 2.05) is 29.5 Å². The van der Waals surface area contributed by atoms with Gasteiger partial charge in [0.05, 0.1) is 18.0 Å². The van der Waals surface area contributed by atoms with E-state index >= 15 is 0 Å². The van der Waals surface area contributed by atoms with Gasteiger partial charge in [0.25, 0.3) is 0 Å². The van der Waals surface area contributed by atoms with E-state index in [-0.39, 0.29) is 0 Å². The minimum atomic E-state index is 0.670. The van der Waals surface area contributed by atoms with Gasteiger partial charge >= 0.3 is 0 Å². The number of aryl methyl sites for hydroxylation is 2. The van der Waals surface area contributed by atoms with E-state index in [4.69, 9.17) is 9.84 Å².